The first-order valence-electron chi connectivity index (χ1n) is 13.4. The van der Waals surface area contributed by atoms with Gasteiger partial charge in [0.25, 0.3) is 0 Å². The summed E-state index contributed by atoms with van der Waals surface area (Å²) in [4.78, 5) is 25.7. The summed E-state index contributed by atoms with van der Waals surface area (Å²) in [5, 5.41) is 12.9. The van der Waals surface area contributed by atoms with E-state index >= 15 is 0 Å². The van der Waals surface area contributed by atoms with Crippen molar-refractivity contribution in [3.05, 3.63) is 65.6 Å². The number of benzene rings is 1. The van der Waals surface area contributed by atoms with Crippen LogP contribution >= 0.6 is 0 Å². The average Bonchev–Trinajstić information content (AvgIpc) is 3.32. The summed E-state index contributed by atoms with van der Waals surface area (Å²) in [7, 11) is 0. The van der Waals surface area contributed by atoms with Gasteiger partial charge in [-0.25, -0.2) is 4.79 Å². The van der Waals surface area contributed by atoms with Crippen molar-refractivity contribution < 1.29 is 28.6 Å². The Labute approximate surface area is 219 Å². The van der Waals surface area contributed by atoms with Crippen LogP contribution in [0.25, 0.3) is 6.08 Å². The lowest BCUT2D eigenvalue weighted by Gasteiger charge is -2.68. The van der Waals surface area contributed by atoms with Crippen molar-refractivity contribution >= 4 is 18.0 Å². The van der Waals surface area contributed by atoms with Crippen LogP contribution < -0.4 is 0 Å². The number of ether oxygens (including phenoxy) is 2. The highest BCUT2D eigenvalue weighted by Crippen LogP contribution is 2.67. The molecule has 6 nitrogen and oxygen atoms in total. The molecule has 37 heavy (non-hydrogen) atoms. The van der Waals surface area contributed by atoms with Gasteiger partial charge in [0.15, 0.2) is 6.10 Å². The number of aliphatic hydroxyl groups is 1. The van der Waals surface area contributed by atoms with Crippen LogP contribution in [0.4, 0.5) is 0 Å². The SMILES string of the molecule is CC(=O)O[C@@H]1[C@H]2[C@@H](C)c3ccoc3C[C@@H]2[C@@]2(C)CCCC(C)(C)[C@]2(O)[C@@H]1OC(=O)/C=C/c1ccccc1. The van der Waals surface area contributed by atoms with Crippen LogP contribution in [0.15, 0.2) is 53.2 Å². The minimum absolute atomic E-state index is 0.00401. The molecule has 2 fully saturated rings. The zero-order valence-electron chi connectivity index (χ0n) is 22.4. The van der Waals surface area contributed by atoms with E-state index in [1.54, 1.807) is 12.3 Å². The Hall–Kier alpha value is -2.86. The summed E-state index contributed by atoms with van der Waals surface area (Å²) in [6.45, 7) is 9.72. The fourth-order valence-electron chi connectivity index (χ4n) is 8.02. The molecule has 1 N–H and O–H groups in total. The minimum Gasteiger partial charge on any atom is -0.469 e. The molecular weight excluding hydrogens is 468 g/mol. The van der Waals surface area contributed by atoms with Gasteiger partial charge in [0.05, 0.1) is 6.26 Å². The van der Waals surface area contributed by atoms with E-state index in [4.69, 9.17) is 13.9 Å². The lowest BCUT2D eigenvalue weighted by atomic mass is 9.40. The van der Waals surface area contributed by atoms with Crippen LogP contribution in [0, 0.1) is 22.7 Å². The van der Waals surface area contributed by atoms with Gasteiger partial charge < -0.3 is 19.0 Å². The van der Waals surface area contributed by atoms with Gasteiger partial charge in [-0.15, -0.1) is 0 Å². The van der Waals surface area contributed by atoms with E-state index < -0.39 is 40.6 Å². The van der Waals surface area contributed by atoms with Crippen molar-refractivity contribution in [3.8, 4) is 0 Å². The number of carbonyl (C=O) groups excluding carboxylic acids is 2. The molecule has 198 valence electrons. The lowest BCUT2D eigenvalue weighted by Crippen LogP contribution is -2.77. The average molecular weight is 507 g/mol. The normalized spacial score (nSPS) is 36.2. The van der Waals surface area contributed by atoms with Gasteiger partial charge in [0.2, 0.25) is 0 Å². The van der Waals surface area contributed by atoms with Gasteiger partial charge in [0.1, 0.15) is 17.5 Å². The second-order valence-corrected chi connectivity index (χ2v) is 12.1. The number of hydrogen-bond acceptors (Lipinski definition) is 6. The summed E-state index contributed by atoms with van der Waals surface area (Å²) in [6.07, 6.45) is 6.18. The van der Waals surface area contributed by atoms with Crippen LogP contribution in [-0.4, -0.2) is 34.9 Å². The monoisotopic (exact) mass is 506 g/mol. The number of fused-ring (bicyclic) bond motifs is 4. The predicted octanol–water partition coefficient (Wildman–Crippen LogP) is 5.69. The molecule has 3 aliphatic carbocycles. The Morgan fingerprint density at radius 1 is 1.08 bits per heavy atom. The molecule has 0 amide bonds. The Balaban J connectivity index is 1.62. The molecule has 5 rings (SSSR count). The molecule has 0 spiro atoms. The molecule has 6 heteroatoms. The van der Waals surface area contributed by atoms with E-state index in [0.717, 1.165) is 36.1 Å². The van der Waals surface area contributed by atoms with E-state index in [-0.39, 0.29) is 17.8 Å². The quantitative estimate of drug-likeness (QED) is 0.424. The van der Waals surface area contributed by atoms with E-state index in [2.05, 4.69) is 13.8 Å². The maximum absolute atomic E-state index is 13.3. The Kier molecular flexibility index (Phi) is 6.38. The molecule has 0 bridgehead atoms. The molecule has 3 aliphatic rings. The molecule has 1 heterocycles. The maximum atomic E-state index is 13.3. The van der Waals surface area contributed by atoms with Gasteiger partial charge in [0, 0.05) is 30.8 Å². The largest absolute Gasteiger partial charge is 0.469 e. The Morgan fingerprint density at radius 3 is 2.51 bits per heavy atom. The van der Waals surface area contributed by atoms with Crippen molar-refractivity contribution in [3.63, 3.8) is 0 Å². The molecule has 1 aromatic carbocycles. The van der Waals surface area contributed by atoms with Gasteiger partial charge in [-0.05, 0) is 53.4 Å². The zero-order valence-corrected chi connectivity index (χ0v) is 22.4. The van der Waals surface area contributed by atoms with Crippen molar-refractivity contribution in [2.75, 3.05) is 0 Å². The van der Waals surface area contributed by atoms with Crippen LogP contribution in [0.1, 0.15) is 76.7 Å². The van der Waals surface area contributed by atoms with Crippen molar-refractivity contribution in [1.82, 2.24) is 0 Å². The van der Waals surface area contributed by atoms with E-state index in [0.29, 0.717) is 6.42 Å². The highest BCUT2D eigenvalue weighted by Gasteiger charge is 2.74. The first kappa shape index (κ1) is 25.8. The summed E-state index contributed by atoms with van der Waals surface area (Å²) in [5.74, 6) is -0.216. The van der Waals surface area contributed by atoms with Crippen LogP contribution in [0.5, 0.6) is 0 Å². The molecule has 1 aromatic heterocycles. The molecule has 2 aromatic rings. The number of esters is 2. The van der Waals surface area contributed by atoms with E-state index in [1.165, 1.54) is 13.0 Å². The Morgan fingerprint density at radius 2 is 1.81 bits per heavy atom. The van der Waals surface area contributed by atoms with Crippen molar-refractivity contribution in [1.29, 1.82) is 0 Å². The van der Waals surface area contributed by atoms with Crippen LogP contribution in [0.2, 0.25) is 0 Å². The summed E-state index contributed by atoms with van der Waals surface area (Å²) in [5.41, 5.74) is -0.613. The van der Waals surface area contributed by atoms with Gasteiger partial charge in [-0.2, -0.15) is 0 Å². The first-order chi connectivity index (χ1) is 17.5. The highest BCUT2D eigenvalue weighted by molar-refractivity contribution is 5.87. The number of hydrogen-bond donors (Lipinski definition) is 1. The van der Waals surface area contributed by atoms with E-state index in [9.17, 15) is 14.7 Å². The fraction of sp³-hybridized carbons (Fsp3) is 0.548. The summed E-state index contributed by atoms with van der Waals surface area (Å²) in [6, 6.07) is 11.5. The third-order valence-corrected chi connectivity index (χ3v) is 9.78. The topological polar surface area (TPSA) is 86.0 Å². The molecule has 0 unspecified atom stereocenters. The zero-order chi connectivity index (χ0) is 26.6. The second kappa shape index (κ2) is 9.16. The molecule has 0 radical (unpaired) electrons. The van der Waals surface area contributed by atoms with Gasteiger partial charge >= 0.3 is 11.9 Å². The third kappa shape index (κ3) is 3.96. The smallest absolute Gasteiger partial charge is 0.331 e. The minimum atomic E-state index is -1.42. The maximum Gasteiger partial charge on any atom is 0.331 e. The van der Waals surface area contributed by atoms with Gasteiger partial charge in [-0.1, -0.05) is 64.4 Å². The van der Waals surface area contributed by atoms with Crippen LogP contribution in [-0.2, 0) is 25.5 Å². The molecule has 0 saturated heterocycles. The molecule has 7 atom stereocenters. The Bertz CT molecular complexity index is 1200. The second-order valence-electron chi connectivity index (χ2n) is 12.1. The number of furan rings is 1. The summed E-state index contributed by atoms with van der Waals surface area (Å²) < 4.78 is 18.1. The molecular formula is C31H38O6. The highest BCUT2D eigenvalue weighted by atomic mass is 16.6. The number of carbonyl (C=O) groups is 2. The van der Waals surface area contributed by atoms with Crippen molar-refractivity contribution in [2.45, 2.75) is 84.0 Å². The number of rotatable bonds is 4. The summed E-state index contributed by atoms with van der Waals surface area (Å²) >= 11 is 0. The lowest BCUT2D eigenvalue weighted by molar-refractivity contribution is -0.317. The standard InChI is InChI=1S/C31H38O6/c1-19-22-14-17-35-24(22)18-23-26(19)27(36-20(2)32)28(31(34)29(3,4)15-9-16-30(23,31)5)37-25(33)13-12-21-10-7-6-8-11-21/h6-8,10-14,17,19,23,26-28,34H,9,15-16,18H2,1-5H3/b13-12+/t19-,23-,26-,27+,28+,30+,31+/m0/s1. The first-order valence-corrected chi connectivity index (χ1v) is 13.4. The molecule has 2 saturated carbocycles. The third-order valence-electron chi connectivity index (χ3n) is 9.78. The van der Waals surface area contributed by atoms with Crippen LogP contribution in [0.3, 0.4) is 0 Å². The van der Waals surface area contributed by atoms with Crippen molar-refractivity contribution in [2.24, 2.45) is 22.7 Å². The fourth-order valence-corrected chi connectivity index (χ4v) is 8.02. The van der Waals surface area contributed by atoms with Gasteiger partial charge in [-0.3, -0.25) is 4.79 Å². The predicted molar refractivity (Wildman–Crippen MR) is 139 cm³/mol. The molecule has 0 aliphatic heterocycles. The van der Waals surface area contributed by atoms with E-state index in [1.807, 2.05) is 50.2 Å².